The van der Waals surface area contributed by atoms with Crippen molar-refractivity contribution in [1.82, 2.24) is 10.3 Å². The first-order valence-corrected chi connectivity index (χ1v) is 6.08. The van der Waals surface area contributed by atoms with Crippen molar-refractivity contribution in [3.63, 3.8) is 0 Å². The second-order valence-electron chi connectivity index (χ2n) is 2.93. The molecule has 0 aliphatic heterocycles. The summed E-state index contributed by atoms with van der Waals surface area (Å²) in [6.45, 7) is 0.672. The van der Waals surface area contributed by atoms with Gasteiger partial charge in [0.05, 0.1) is 0 Å². The van der Waals surface area contributed by atoms with Crippen LogP contribution >= 0.6 is 11.8 Å². The maximum absolute atomic E-state index is 11.6. The largest absolute Gasteiger partial charge is 0.388 e. The molecule has 0 aromatic carbocycles. The van der Waals surface area contributed by atoms with Gasteiger partial charge in [-0.2, -0.15) is 11.8 Å². The van der Waals surface area contributed by atoms with Crippen LogP contribution in [-0.2, 0) is 0 Å². The van der Waals surface area contributed by atoms with Gasteiger partial charge in [0.1, 0.15) is 5.69 Å². The Labute approximate surface area is 93.9 Å². The Morgan fingerprint density at radius 2 is 2.40 bits per heavy atom. The third kappa shape index (κ3) is 3.79. The van der Waals surface area contributed by atoms with Crippen LogP contribution < -0.4 is 10.6 Å². The van der Waals surface area contributed by atoms with E-state index in [2.05, 4.69) is 15.6 Å². The molecule has 0 saturated heterocycles. The van der Waals surface area contributed by atoms with Crippen LogP contribution in [0.4, 0.5) is 5.69 Å². The van der Waals surface area contributed by atoms with Crippen LogP contribution in [0.2, 0.25) is 0 Å². The number of pyridine rings is 1. The molecule has 4 nitrogen and oxygen atoms in total. The van der Waals surface area contributed by atoms with Crippen LogP contribution in [0.25, 0.3) is 0 Å². The molecule has 0 spiro atoms. The maximum atomic E-state index is 11.6. The van der Waals surface area contributed by atoms with E-state index in [4.69, 9.17) is 0 Å². The van der Waals surface area contributed by atoms with Crippen LogP contribution in [-0.4, -0.2) is 36.5 Å². The number of rotatable bonds is 5. The van der Waals surface area contributed by atoms with Crippen molar-refractivity contribution in [3.05, 3.63) is 24.0 Å². The number of carbonyl (C=O) groups is 1. The van der Waals surface area contributed by atoms with Crippen molar-refractivity contribution in [2.24, 2.45) is 0 Å². The van der Waals surface area contributed by atoms with Crippen LogP contribution in [0.1, 0.15) is 10.5 Å². The van der Waals surface area contributed by atoms with E-state index >= 15 is 0 Å². The van der Waals surface area contributed by atoms with Crippen LogP contribution in [0.3, 0.4) is 0 Å². The number of nitrogens with zero attached hydrogens (tertiary/aromatic N) is 1. The van der Waals surface area contributed by atoms with Gasteiger partial charge in [-0.15, -0.1) is 0 Å². The molecule has 0 aliphatic rings. The van der Waals surface area contributed by atoms with E-state index in [1.165, 1.54) is 0 Å². The second-order valence-corrected chi connectivity index (χ2v) is 3.91. The minimum Gasteiger partial charge on any atom is -0.388 e. The minimum atomic E-state index is -0.124. The SMILES string of the molecule is CNc1ccnc(C(=O)NCCSC)c1. The van der Waals surface area contributed by atoms with Gasteiger partial charge in [-0.3, -0.25) is 9.78 Å². The van der Waals surface area contributed by atoms with Gasteiger partial charge in [0.2, 0.25) is 0 Å². The Bertz CT molecular complexity index is 330. The van der Waals surface area contributed by atoms with E-state index in [0.717, 1.165) is 11.4 Å². The summed E-state index contributed by atoms with van der Waals surface area (Å²) >= 11 is 1.70. The summed E-state index contributed by atoms with van der Waals surface area (Å²) < 4.78 is 0. The quantitative estimate of drug-likeness (QED) is 0.740. The van der Waals surface area contributed by atoms with E-state index in [9.17, 15) is 4.79 Å². The molecular weight excluding hydrogens is 210 g/mol. The molecule has 0 fully saturated rings. The summed E-state index contributed by atoms with van der Waals surface area (Å²) in [5.74, 6) is 0.790. The monoisotopic (exact) mass is 225 g/mol. The fraction of sp³-hybridized carbons (Fsp3) is 0.400. The van der Waals surface area contributed by atoms with Gasteiger partial charge in [-0.25, -0.2) is 0 Å². The van der Waals surface area contributed by atoms with E-state index in [1.54, 1.807) is 24.0 Å². The molecule has 1 heterocycles. The van der Waals surface area contributed by atoms with E-state index in [0.29, 0.717) is 12.2 Å². The lowest BCUT2D eigenvalue weighted by molar-refractivity contribution is 0.0951. The van der Waals surface area contributed by atoms with Crippen molar-refractivity contribution in [2.75, 3.05) is 30.9 Å². The number of anilines is 1. The van der Waals surface area contributed by atoms with Crippen molar-refractivity contribution >= 4 is 23.4 Å². The topological polar surface area (TPSA) is 54.0 Å². The Hall–Kier alpha value is -1.23. The highest BCUT2D eigenvalue weighted by Gasteiger charge is 2.06. The van der Waals surface area contributed by atoms with E-state index in [-0.39, 0.29) is 5.91 Å². The van der Waals surface area contributed by atoms with E-state index < -0.39 is 0 Å². The standard InChI is InChI=1S/C10H15N3OS/c1-11-8-3-4-12-9(7-8)10(14)13-5-6-15-2/h3-4,7H,5-6H2,1-2H3,(H,11,12)(H,13,14). The average molecular weight is 225 g/mol. The number of nitrogens with one attached hydrogen (secondary N) is 2. The molecule has 2 N–H and O–H groups in total. The Morgan fingerprint density at radius 3 is 3.07 bits per heavy atom. The highest BCUT2D eigenvalue weighted by Crippen LogP contribution is 2.06. The van der Waals surface area contributed by atoms with E-state index in [1.807, 2.05) is 19.4 Å². The predicted molar refractivity (Wildman–Crippen MR) is 64.5 cm³/mol. The van der Waals surface area contributed by atoms with Gasteiger partial charge >= 0.3 is 0 Å². The zero-order valence-corrected chi connectivity index (χ0v) is 9.73. The molecule has 82 valence electrons. The summed E-state index contributed by atoms with van der Waals surface area (Å²) in [6, 6.07) is 3.55. The van der Waals surface area contributed by atoms with Crippen LogP contribution in [0, 0.1) is 0 Å². The first-order chi connectivity index (χ1) is 7.27. The Morgan fingerprint density at radius 1 is 1.60 bits per heavy atom. The third-order valence-corrected chi connectivity index (χ3v) is 2.49. The van der Waals surface area contributed by atoms with Crippen LogP contribution in [0.5, 0.6) is 0 Å². The van der Waals surface area contributed by atoms with Crippen molar-refractivity contribution in [2.45, 2.75) is 0 Å². The molecule has 15 heavy (non-hydrogen) atoms. The number of hydrogen-bond donors (Lipinski definition) is 2. The lowest BCUT2D eigenvalue weighted by atomic mass is 10.3. The van der Waals surface area contributed by atoms with Gasteiger partial charge in [-0.05, 0) is 18.4 Å². The maximum Gasteiger partial charge on any atom is 0.269 e. The second kappa shape index (κ2) is 6.29. The first kappa shape index (κ1) is 11.8. The molecule has 0 unspecified atom stereocenters. The van der Waals surface area contributed by atoms with Gasteiger partial charge in [0.25, 0.3) is 5.91 Å². The molecule has 1 amide bonds. The molecule has 0 atom stereocenters. The fourth-order valence-corrected chi connectivity index (χ4v) is 1.37. The van der Waals surface area contributed by atoms with Crippen LogP contribution in [0.15, 0.2) is 18.3 Å². The lowest BCUT2D eigenvalue weighted by Crippen LogP contribution is -2.26. The first-order valence-electron chi connectivity index (χ1n) is 4.69. The Balaban J connectivity index is 2.57. The summed E-state index contributed by atoms with van der Waals surface area (Å²) in [4.78, 5) is 15.6. The lowest BCUT2D eigenvalue weighted by Gasteiger charge is -2.05. The fourth-order valence-electron chi connectivity index (χ4n) is 1.07. The van der Waals surface area contributed by atoms with Gasteiger partial charge in [-0.1, -0.05) is 0 Å². The molecule has 0 bridgehead atoms. The summed E-state index contributed by atoms with van der Waals surface area (Å²) in [5.41, 5.74) is 1.34. The summed E-state index contributed by atoms with van der Waals surface area (Å²) in [5, 5.41) is 5.77. The normalized spacial score (nSPS) is 9.73. The molecule has 0 aliphatic carbocycles. The molecule has 1 aromatic rings. The van der Waals surface area contributed by atoms with Crippen molar-refractivity contribution in [3.8, 4) is 0 Å². The zero-order valence-electron chi connectivity index (χ0n) is 8.91. The predicted octanol–water partition coefficient (Wildman–Crippen LogP) is 1.22. The zero-order chi connectivity index (χ0) is 11.1. The summed E-state index contributed by atoms with van der Waals surface area (Å²) in [6.07, 6.45) is 3.63. The Kier molecular flexibility index (Phi) is 4.97. The smallest absolute Gasteiger partial charge is 0.269 e. The molecule has 1 rings (SSSR count). The molecular formula is C10H15N3OS. The van der Waals surface area contributed by atoms with Gasteiger partial charge in [0.15, 0.2) is 0 Å². The average Bonchev–Trinajstić information content (AvgIpc) is 2.29. The number of aromatic nitrogens is 1. The third-order valence-electron chi connectivity index (χ3n) is 1.87. The highest BCUT2D eigenvalue weighted by atomic mass is 32.2. The van der Waals surface area contributed by atoms with Crippen molar-refractivity contribution < 1.29 is 4.79 Å². The van der Waals surface area contributed by atoms with Crippen molar-refractivity contribution in [1.29, 1.82) is 0 Å². The number of amides is 1. The molecule has 1 aromatic heterocycles. The minimum absolute atomic E-state index is 0.124. The van der Waals surface area contributed by atoms with Gasteiger partial charge < -0.3 is 10.6 Å². The molecule has 0 radical (unpaired) electrons. The highest BCUT2D eigenvalue weighted by molar-refractivity contribution is 7.98. The summed E-state index contributed by atoms with van der Waals surface area (Å²) in [7, 11) is 1.81. The number of carbonyl (C=O) groups excluding carboxylic acids is 1. The number of hydrogen-bond acceptors (Lipinski definition) is 4. The molecule has 0 saturated carbocycles. The number of thioether (sulfide) groups is 1. The van der Waals surface area contributed by atoms with Gasteiger partial charge in [0, 0.05) is 31.2 Å². The molecule has 5 heteroatoms.